The van der Waals surface area contributed by atoms with Crippen LogP contribution >= 0.6 is 0 Å². The van der Waals surface area contributed by atoms with E-state index in [0.717, 1.165) is 32.5 Å². The molecule has 0 unspecified atom stereocenters. The lowest BCUT2D eigenvalue weighted by Crippen LogP contribution is -2.41. The average Bonchev–Trinajstić information content (AvgIpc) is 2.55. The van der Waals surface area contributed by atoms with Gasteiger partial charge in [-0.15, -0.1) is 0 Å². The Balaban J connectivity index is 1.83. The molecule has 0 spiro atoms. The van der Waals surface area contributed by atoms with Crippen LogP contribution in [0.3, 0.4) is 0 Å². The van der Waals surface area contributed by atoms with E-state index >= 15 is 0 Å². The maximum absolute atomic E-state index is 12.2. The SMILES string of the molecule is COc1cnc2ccc(=O)n(CCN3CCC(N)CC3)c2n1. The van der Waals surface area contributed by atoms with Crippen LogP contribution in [0, 0.1) is 0 Å². The number of aromatic nitrogens is 3. The fourth-order valence-electron chi connectivity index (χ4n) is 2.77. The number of nitrogens with two attached hydrogens (primary N) is 1. The summed E-state index contributed by atoms with van der Waals surface area (Å²) in [6, 6.07) is 3.54. The molecule has 3 heterocycles. The normalized spacial score (nSPS) is 17.0. The Bertz CT molecular complexity index is 707. The molecule has 0 aliphatic carbocycles. The molecular weight excluding hydrogens is 282 g/mol. The van der Waals surface area contributed by atoms with E-state index in [1.807, 2.05) is 0 Å². The van der Waals surface area contributed by atoms with Crippen LogP contribution in [0.15, 0.2) is 23.1 Å². The minimum absolute atomic E-state index is 0.0660. The number of nitrogens with zero attached hydrogens (tertiary/aromatic N) is 4. The van der Waals surface area contributed by atoms with E-state index in [1.54, 1.807) is 16.8 Å². The highest BCUT2D eigenvalue weighted by atomic mass is 16.5. The number of fused-ring (bicyclic) bond motifs is 1. The predicted octanol–water partition coefficient (Wildman–Crippen LogP) is 0.223. The van der Waals surface area contributed by atoms with Crippen LogP contribution in [0.5, 0.6) is 5.88 Å². The van der Waals surface area contributed by atoms with Gasteiger partial charge in [0.2, 0.25) is 5.88 Å². The Morgan fingerprint density at radius 1 is 1.32 bits per heavy atom. The van der Waals surface area contributed by atoms with Gasteiger partial charge in [-0.25, -0.2) is 4.98 Å². The largest absolute Gasteiger partial charge is 0.480 e. The second-order valence-electron chi connectivity index (χ2n) is 5.62. The van der Waals surface area contributed by atoms with Gasteiger partial charge in [-0.05, 0) is 32.0 Å². The molecule has 7 heteroatoms. The number of piperidine rings is 1. The molecule has 0 amide bonds. The van der Waals surface area contributed by atoms with Crippen LogP contribution < -0.4 is 16.0 Å². The fraction of sp³-hybridized carbons (Fsp3) is 0.533. The summed E-state index contributed by atoms with van der Waals surface area (Å²) in [6.45, 7) is 3.36. The summed E-state index contributed by atoms with van der Waals surface area (Å²) in [4.78, 5) is 23.2. The number of ether oxygens (including phenoxy) is 1. The van der Waals surface area contributed by atoms with Crippen molar-refractivity contribution in [3.05, 3.63) is 28.7 Å². The highest BCUT2D eigenvalue weighted by Crippen LogP contribution is 2.12. The van der Waals surface area contributed by atoms with Crippen molar-refractivity contribution in [2.45, 2.75) is 25.4 Å². The second-order valence-corrected chi connectivity index (χ2v) is 5.62. The Hall–Kier alpha value is -1.99. The van der Waals surface area contributed by atoms with Crippen molar-refractivity contribution in [3.63, 3.8) is 0 Å². The first-order chi connectivity index (χ1) is 10.7. The summed E-state index contributed by atoms with van der Waals surface area (Å²) in [6.07, 6.45) is 3.58. The second kappa shape index (κ2) is 6.41. The zero-order valence-electron chi connectivity index (χ0n) is 12.7. The Kier molecular flexibility index (Phi) is 4.35. The molecule has 2 N–H and O–H groups in total. The van der Waals surface area contributed by atoms with Crippen LogP contribution in [-0.4, -0.2) is 52.2 Å². The summed E-state index contributed by atoms with van der Waals surface area (Å²) in [7, 11) is 1.54. The molecule has 3 rings (SSSR count). The maximum Gasteiger partial charge on any atom is 0.252 e. The quantitative estimate of drug-likeness (QED) is 0.870. The van der Waals surface area contributed by atoms with E-state index < -0.39 is 0 Å². The highest BCUT2D eigenvalue weighted by molar-refractivity contribution is 5.70. The molecule has 2 aromatic rings. The molecule has 0 radical (unpaired) electrons. The van der Waals surface area contributed by atoms with Gasteiger partial charge in [0.25, 0.3) is 5.56 Å². The summed E-state index contributed by atoms with van der Waals surface area (Å²) in [5.41, 5.74) is 7.12. The van der Waals surface area contributed by atoms with Crippen LogP contribution in [-0.2, 0) is 6.54 Å². The van der Waals surface area contributed by atoms with Crippen LogP contribution in [0.25, 0.3) is 11.2 Å². The first-order valence-electron chi connectivity index (χ1n) is 7.56. The van der Waals surface area contributed by atoms with Crippen molar-refractivity contribution < 1.29 is 4.74 Å². The third-order valence-electron chi connectivity index (χ3n) is 4.15. The van der Waals surface area contributed by atoms with Crippen molar-refractivity contribution in [3.8, 4) is 5.88 Å². The molecule has 118 valence electrons. The number of rotatable bonds is 4. The summed E-state index contributed by atoms with van der Waals surface area (Å²) >= 11 is 0. The minimum atomic E-state index is -0.0660. The van der Waals surface area contributed by atoms with Gasteiger partial charge in [0, 0.05) is 25.2 Å². The first-order valence-corrected chi connectivity index (χ1v) is 7.56. The van der Waals surface area contributed by atoms with E-state index in [0.29, 0.717) is 29.6 Å². The van der Waals surface area contributed by atoms with E-state index in [-0.39, 0.29) is 5.56 Å². The van der Waals surface area contributed by atoms with Crippen molar-refractivity contribution in [1.82, 2.24) is 19.4 Å². The van der Waals surface area contributed by atoms with E-state index in [2.05, 4.69) is 14.9 Å². The van der Waals surface area contributed by atoms with Crippen molar-refractivity contribution in [2.75, 3.05) is 26.7 Å². The summed E-state index contributed by atoms with van der Waals surface area (Å²) in [5, 5.41) is 0. The zero-order valence-corrected chi connectivity index (χ0v) is 12.7. The van der Waals surface area contributed by atoms with Gasteiger partial charge in [0.15, 0.2) is 5.65 Å². The standard InChI is InChI=1S/C15H21N5O2/c1-22-13-10-17-12-2-3-14(21)20(15(12)18-13)9-8-19-6-4-11(16)5-7-19/h2-3,10-11H,4-9,16H2,1H3. The summed E-state index contributed by atoms with van der Waals surface area (Å²) in [5.74, 6) is 0.413. The Labute approximate surface area is 128 Å². The number of hydrogen-bond acceptors (Lipinski definition) is 6. The molecule has 2 aromatic heterocycles. The molecule has 22 heavy (non-hydrogen) atoms. The number of pyridine rings is 1. The molecule has 1 aliphatic heterocycles. The van der Waals surface area contributed by atoms with Crippen LogP contribution in [0.2, 0.25) is 0 Å². The smallest absolute Gasteiger partial charge is 0.252 e. The van der Waals surface area contributed by atoms with Gasteiger partial charge in [-0.2, -0.15) is 4.98 Å². The predicted molar refractivity (Wildman–Crippen MR) is 84.0 cm³/mol. The molecule has 0 bridgehead atoms. The summed E-state index contributed by atoms with van der Waals surface area (Å²) < 4.78 is 6.78. The Morgan fingerprint density at radius 3 is 2.82 bits per heavy atom. The molecule has 0 saturated carbocycles. The lowest BCUT2D eigenvalue weighted by molar-refractivity contribution is 0.206. The fourth-order valence-corrected chi connectivity index (χ4v) is 2.77. The molecule has 0 aromatic carbocycles. The molecule has 1 saturated heterocycles. The van der Waals surface area contributed by atoms with Crippen molar-refractivity contribution >= 4 is 11.2 Å². The van der Waals surface area contributed by atoms with E-state index in [9.17, 15) is 4.79 Å². The van der Waals surface area contributed by atoms with Gasteiger partial charge in [-0.1, -0.05) is 0 Å². The van der Waals surface area contributed by atoms with Gasteiger partial charge in [0.05, 0.1) is 13.3 Å². The number of methoxy groups -OCH3 is 1. The topological polar surface area (TPSA) is 86.3 Å². The minimum Gasteiger partial charge on any atom is -0.480 e. The zero-order chi connectivity index (χ0) is 15.5. The maximum atomic E-state index is 12.2. The van der Waals surface area contributed by atoms with E-state index in [4.69, 9.17) is 10.5 Å². The van der Waals surface area contributed by atoms with Crippen LogP contribution in [0.1, 0.15) is 12.8 Å². The lowest BCUT2D eigenvalue weighted by atomic mass is 10.1. The van der Waals surface area contributed by atoms with Crippen molar-refractivity contribution in [2.24, 2.45) is 5.73 Å². The lowest BCUT2D eigenvalue weighted by Gasteiger charge is -2.30. The van der Waals surface area contributed by atoms with Gasteiger partial charge < -0.3 is 15.4 Å². The molecule has 1 aliphatic rings. The third kappa shape index (κ3) is 3.10. The van der Waals surface area contributed by atoms with Gasteiger partial charge in [0.1, 0.15) is 5.52 Å². The van der Waals surface area contributed by atoms with Crippen molar-refractivity contribution in [1.29, 1.82) is 0 Å². The van der Waals surface area contributed by atoms with Gasteiger partial charge >= 0.3 is 0 Å². The van der Waals surface area contributed by atoms with E-state index in [1.165, 1.54) is 13.2 Å². The molecular formula is C15H21N5O2. The number of hydrogen-bond donors (Lipinski definition) is 1. The molecule has 1 fully saturated rings. The third-order valence-corrected chi connectivity index (χ3v) is 4.15. The average molecular weight is 303 g/mol. The Morgan fingerprint density at radius 2 is 2.09 bits per heavy atom. The highest BCUT2D eigenvalue weighted by Gasteiger charge is 2.16. The molecule has 0 atom stereocenters. The first kappa shape index (κ1) is 14.9. The monoisotopic (exact) mass is 303 g/mol. The van der Waals surface area contributed by atoms with Gasteiger partial charge in [-0.3, -0.25) is 9.36 Å². The molecule has 7 nitrogen and oxygen atoms in total. The number of likely N-dealkylation sites (tertiary alicyclic amines) is 1. The van der Waals surface area contributed by atoms with Crippen LogP contribution in [0.4, 0.5) is 0 Å².